The van der Waals surface area contributed by atoms with Crippen LogP contribution in [0.25, 0.3) is 0 Å². The Hall–Kier alpha value is -0.900. The van der Waals surface area contributed by atoms with E-state index >= 15 is 0 Å². The summed E-state index contributed by atoms with van der Waals surface area (Å²) in [5.74, 6) is 2.25. The second-order valence-corrected chi connectivity index (χ2v) is 4.81. The van der Waals surface area contributed by atoms with Crippen molar-refractivity contribution in [3.8, 4) is 0 Å². The average molecular weight is 209 g/mol. The standard InChI is InChI=1S/C11H19N3O/c1-8-3-5-11(7-12,6-4-8)10-13-9(2)14-15-10/h8H,3-7,12H2,1-2H3. The normalized spacial score (nSPS) is 31.8. The molecule has 0 aliphatic heterocycles. The Labute approximate surface area is 90.2 Å². The second-order valence-electron chi connectivity index (χ2n) is 4.81. The molecule has 4 nitrogen and oxygen atoms in total. The number of hydrogen-bond donors (Lipinski definition) is 1. The molecule has 1 aromatic heterocycles. The Morgan fingerprint density at radius 3 is 2.60 bits per heavy atom. The first kappa shape index (κ1) is 10.6. The molecule has 2 rings (SSSR count). The van der Waals surface area contributed by atoms with E-state index in [0.717, 1.165) is 24.7 Å². The van der Waals surface area contributed by atoms with Crippen LogP contribution in [0.15, 0.2) is 4.52 Å². The SMILES string of the molecule is Cc1noc(C2(CN)CCC(C)CC2)n1. The molecule has 1 saturated carbocycles. The number of aromatic nitrogens is 2. The lowest BCUT2D eigenvalue weighted by atomic mass is 9.71. The quantitative estimate of drug-likeness (QED) is 0.806. The third-order valence-electron chi connectivity index (χ3n) is 3.60. The van der Waals surface area contributed by atoms with Crippen molar-refractivity contribution >= 4 is 0 Å². The van der Waals surface area contributed by atoms with E-state index < -0.39 is 0 Å². The van der Waals surface area contributed by atoms with E-state index in [1.54, 1.807) is 0 Å². The van der Waals surface area contributed by atoms with Crippen LogP contribution < -0.4 is 5.73 Å². The second kappa shape index (κ2) is 3.93. The summed E-state index contributed by atoms with van der Waals surface area (Å²) in [6, 6.07) is 0. The van der Waals surface area contributed by atoms with Crippen LogP contribution in [0.5, 0.6) is 0 Å². The molecule has 0 spiro atoms. The van der Waals surface area contributed by atoms with Crippen molar-refractivity contribution in [3.05, 3.63) is 11.7 Å². The van der Waals surface area contributed by atoms with Crippen LogP contribution in [0, 0.1) is 12.8 Å². The lowest BCUT2D eigenvalue weighted by Crippen LogP contribution is -2.39. The largest absolute Gasteiger partial charge is 0.339 e. The average Bonchev–Trinajstić information content (AvgIpc) is 2.67. The summed E-state index contributed by atoms with van der Waals surface area (Å²) >= 11 is 0. The Morgan fingerprint density at radius 1 is 1.47 bits per heavy atom. The van der Waals surface area contributed by atoms with Crippen molar-refractivity contribution in [2.75, 3.05) is 6.54 Å². The maximum Gasteiger partial charge on any atom is 0.234 e. The molecule has 15 heavy (non-hydrogen) atoms. The van der Waals surface area contributed by atoms with Gasteiger partial charge in [0.05, 0.1) is 5.41 Å². The monoisotopic (exact) mass is 209 g/mol. The van der Waals surface area contributed by atoms with Gasteiger partial charge in [0.2, 0.25) is 5.89 Å². The van der Waals surface area contributed by atoms with Crippen molar-refractivity contribution in [2.24, 2.45) is 11.7 Å². The zero-order valence-corrected chi connectivity index (χ0v) is 9.49. The molecular weight excluding hydrogens is 190 g/mol. The van der Waals surface area contributed by atoms with Crippen molar-refractivity contribution in [3.63, 3.8) is 0 Å². The number of hydrogen-bond acceptors (Lipinski definition) is 4. The Bertz CT molecular complexity index is 326. The van der Waals surface area contributed by atoms with Gasteiger partial charge >= 0.3 is 0 Å². The van der Waals surface area contributed by atoms with Crippen LogP contribution in [0.2, 0.25) is 0 Å². The fraction of sp³-hybridized carbons (Fsp3) is 0.818. The molecular formula is C11H19N3O. The lowest BCUT2D eigenvalue weighted by Gasteiger charge is -2.35. The predicted octanol–water partition coefficient (Wildman–Crippen LogP) is 1.78. The minimum atomic E-state index is -0.0478. The first-order valence-electron chi connectivity index (χ1n) is 5.67. The van der Waals surface area contributed by atoms with Gasteiger partial charge in [-0.15, -0.1) is 0 Å². The molecule has 1 heterocycles. The van der Waals surface area contributed by atoms with Gasteiger partial charge < -0.3 is 10.3 Å². The van der Waals surface area contributed by atoms with Crippen LogP contribution >= 0.6 is 0 Å². The molecule has 2 N–H and O–H groups in total. The summed E-state index contributed by atoms with van der Waals surface area (Å²) in [5.41, 5.74) is 5.85. The van der Waals surface area contributed by atoms with Gasteiger partial charge in [-0.05, 0) is 38.5 Å². The van der Waals surface area contributed by atoms with Crippen LogP contribution in [-0.2, 0) is 5.41 Å². The third-order valence-corrected chi connectivity index (χ3v) is 3.60. The minimum absolute atomic E-state index is 0.0478. The van der Waals surface area contributed by atoms with Gasteiger partial charge in [-0.2, -0.15) is 4.98 Å². The van der Waals surface area contributed by atoms with Gasteiger partial charge in [-0.1, -0.05) is 12.1 Å². The van der Waals surface area contributed by atoms with E-state index in [-0.39, 0.29) is 5.41 Å². The minimum Gasteiger partial charge on any atom is -0.339 e. The third kappa shape index (κ3) is 1.91. The zero-order valence-electron chi connectivity index (χ0n) is 9.49. The molecule has 0 saturated heterocycles. The number of nitrogens with zero attached hydrogens (tertiary/aromatic N) is 2. The molecule has 4 heteroatoms. The van der Waals surface area contributed by atoms with E-state index in [1.165, 1.54) is 12.8 Å². The van der Waals surface area contributed by atoms with E-state index in [4.69, 9.17) is 10.3 Å². The fourth-order valence-electron chi connectivity index (χ4n) is 2.33. The van der Waals surface area contributed by atoms with Gasteiger partial charge in [-0.3, -0.25) is 0 Å². The molecule has 0 amide bonds. The van der Waals surface area contributed by atoms with Gasteiger partial charge in [-0.25, -0.2) is 0 Å². The molecule has 1 fully saturated rings. The van der Waals surface area contributed by atoms with Crippen molar-refractivity contribution in [2.45, 2.75) is 44.9 Å². The molecule has 1 aromatic rings. The summed E-state index contributed by atoms with van der Waals surface area (Å²) in [4.78, 5) is 4.34. The summed E-state index contributed by atoms with van der Waals surface area (Å²) in [5, 5.41) is 3.86. The van der Waals surface area contributed by atoms with E-state index in [0.29, 0.717) is 12.4 Å². The van der Waals surface area contributed by atoms with E-state index in [9.17, 15) is 0 Å². The fourth-order valence-corrected chi connectivity index (χ4v) is 2.33. The van der Waals surface area contributed by atoms with Crippen LogP contribution in [0.4, 0.5) is 0 Å². The first-order valence-corrected chi connectivity index (χ1v) is 5.67. The number of aryl methyl sites for hydroxylation is 1. The molecule has 0 aromatic carbocycles. The van der Waals surface area contributed by atoms with Gasteiger partial charge in [0.15, 0.2) is 5.82 Å². The Kier molecular flexibility index (Phi) is 2.78. The van der Waals surface area contributed by atoms with E-state index in [2.05, 4.69) is 17.1 Å². The molecule has 0 unspecified atom stereocenters. The summed E-state index contributed by atoms with van der Waals surface area (Å²) in [6.07, 6.45) is 4.57. The smallest absolute Gasteiger partial charge is 0.234 e. The zero-order chi connectivity index (χ0) is 10.9. The highest BCUT2D eigenvalue weighted by Crippen LogP contribution is 2.39. The molecule has 1 aliphatic rings. The molecule has 0 bridgehead atoms. The Morgan fingerprint density at radius 2 is 2.13 bits per heavy atom. The van der Waals surface area contributed by atoms with Gasteiger partial charge in [0, 0.05) is 6.54 Å². The topological polar surface area (TPSA) is 64.9 Å². The first-order chi connectivity index (χ1) is 7.16. The van der Waals surface area contributed by atoms with Crippen LogP contribution in [-0.4, -0.2) is 16.7 Å². The van der Waals surface area contributed by atoms with Crippen molar-refractivity contribution in [1.82, 2.24) is 10.1 Å². The molecule has 84 valence electrons. The predicted molar refractivity (Wildman–Crippen MR) is 57.4 cm³/mol. The lowest BCUT2D eigenvalue weighted by molar-refractivity contribution is 0.191. The van der Waals surface area contributed by atoms with Crippen LogP contribution in [0.1, 0.15) is 44.3 Å². The van der Waals surface area contributed by atoms with Gasteiger partial charge in [0.25, 0.3) is 0 Å². The summed E-state index contributed by atoms with van der Waals surface area (Å²) < 4.78 is 5.29. The maximum absolute atomic E-state index is 5.90. The van der Waals surface area contributed by atoms with Gasteiger partial charge in [0.1, 0.15) is 0 Å². The van der Waals surface area contributed by atoms with E-state index in [1.807, 2.05) is 6.92 Å². The molecule has 1 aliphatic carbocycles. The maximum atomic E-state index is 5.90. The number of rotatable bonds is 2. The highest BCUT2D eigenvalue weighted by atomic mass is 16.5. The van der Waals surface area contributed by atoms with Crippen molar-refractivity contribution < 1.29 is 4.52 Å². The summed E-state index contributed by atoms with van der Waals surface area (Å²) in [6.45, 7) is 4.75. The highest BCUT2D eigenvalue weighted by Gasteiger charge is 2.39. The molecule has 0 radical (unpaired) electrons. The summed E-state index contributed by atoms with van der Waals surface area (Å²) in [7, 11) is 0. The van der Waals surface area contributed by atoms with Crippen molar-refractivity contribution in [1.29, 1.82) is 0 Å². The number of nitrogens with two attached hydrogens (primary N) is 1. The highest BCUT2D eigenvalue weighted by molar-refractivity contribution is 5.08. The van der Waals surface area contributed by atoms with Crippen LogP contribution in [0.3, 0.4) is 0 Å². The molecule has 0 atom stereocenters. The Balaban J connectivity index is 2.22.